The predicted octanol–water partition coefficient (Wildman–Crippen LogP) is 3.43. The maximum atomic E-state index is 12.9. The van der Waals surface area contributed by atoms with E-state index in [9.17, 15) is 8.78 Å². The Balaban J connectivity index is 0.00000392. The number of aliphatic imine (C=N–C) groups is 1. The van der Waals surface area contributed by atoms with E-state index in [1.54, 1.807) is 13.2 Å². The molecule has 10 heteroatoms. The number of rotatable bonds is 9. The fourth-order valence-corrected chi connectivity index (χ4v) is 2.32. The van der Waals surface area contributed by atoms with Gasteiger partial charge in [0.25, 0.3) is 0 Å². The second-order valence-corrected chi connectivity index (χ2v) is 5.71. The lowest BCUT2D eigenvalue weighted by Gasteiger charge is -2.18. The third-order valence-corrected chi connectivity index (χ3v) is 3.62. The Kier molecular flexibility index (Phi) is 10.6. The van der Waals surface area contributed by atoms with E-state index in [1.165, 1.54) is 12.4 Å². The molecule has 2 aromatic rings. The molecule has 0 aliphatic heterocycles. The largest absolute Gasteiger partial charge is 0.497 e. The zero-order chi connectivity index (χ0) is 19.6. The third-order valence-electron chi connectivity index (χ3n) is 3.62. The van der Waals surface area contributed by atoms with E-state index in [2.05, 4.69) is 20.6 Å². The maximum Gasteiger partial charge on any atom is 0.319 e. The Morgan fingerprint density at radius 2 is 2.04 bits per heavy atom. The number of hydrogen-bond donors (Lipinski definition) is 2. The maximum absolute atomic E-state index is 12.9. The fourth-order valence-electron chi connectivity index (χ4n) is 2.32. The molecule has 2 rings (SSSR count). The Hall–Kier alpha value is -2.11. The van der Waals surface area contributed by atoms with Gasteiger partial charge in [-0.1, -0.05) is 6.07 Å². The number of aromatic nitrogens is 2. The van der Waals surface area contributed by atoms with Crippen LogP contribution in [0.4, 0.5) is 8.78 Å². The molecule has 156 valence electrons. The van der Waals surface area contributed by atoms with E-state index in [0.29, 0.717) is 24.8 Å². The fraction of sp³-hybridized carbons (Fsp3) is 0.444. The first-order chi connectivity index (χ1) is 13.0. The number of nitrogens with one attached hydrogen (secondary N) is 2. The smallest absolute Gasteiger partial charge is 0.319 e. The van der Waals surface area contributed by atoms with Gasteiger partial charge in [0.1, 0.15) is 30.0 Å². The van der Waals surface area contributed by atoms with Crippen molar-refractivity contribution in [3.63, 3.8) is 0 Å². The SMILES string of the molecule is CCNC(=NCc1nccn1C(F)F)NCC(C)Oc1cccc(OC)c1.I. The average Bonchev–Trinajstić information content (AvgIpc) is 3.13. The molecular formula is C18H26F2IN5O2. The summed E-state index contributed by atoms with van der Waals surface area (Å²) in [7, 11) is 1.60. The number of hydrogen-bond acceptors (Lipinski definition) is 4. The van der Waals surface area contributed by atoms with Crippen LogP contribution in [-0.4, -0.2) is 41.8 Å². The highest BCUT2D eigenvalue weighted by molar-refractivity contribution is 14.0. The van der Waals surface area contributed by atoms with Crippen molar-refractivity contribution < 1.29 is 18.3 Å². The first-order valence-corrected chi connectivity index (χ1v) is 8.66. The van der Waals surface area contributed by atoms with E-state index in [0.717, 1.165) is 10.3 Å². The third kappa shape index (κ3) is 7.49. The van der Waals surface area contributed by atoms with E-state index in [-0.39, 0.29) is 42.4 Å². The molecular weight excluding hydrogens is 483 g/mol. The van der Waals surface area contributed by atoms with E-state index < -0.39 is 6.55 Å². The second kappa shape index (κ2) is 12.4. The van der Waals surface area contributed by atoms with Crippen molar-refractivity contribution in [1.82, 2.24) is 20.2 Å². The van der Waals surface area contributed by atoms with Crippen molar-refractivity contribution in [2.45, 2.75) is 33.0 Å². The minimum Gasteiger partial charge on any atom is -0.497 e. The predicted molar refractivity (Wildman–Crippen MR) is 115 cm³/mol. The second-order valence-electron chi connectivity index (χ2n) is 5.71. The molecule has 1 aromatic heterocycles. The highest BCUT2D eigenvalue weighted by Gasteiger charge is 2.11. The van der Waals surface area contributed by atoms with Gasteiger partial charge in [0, 0.05) is 25.0 Å². The van der Waals surface area contributed by atoms with E-state index in [4.69, 9.17) is 9.47 Å². The van der Waals surface area contributed by atoms with Crippen molar-refractivity contribution in [2.75, 3.05) is 20.2 Å². The number of nitrogens with zero attached hydrogens (tertiary/aromatic N) is 3. The van der Waals surface area contributed by atoms with Crippen molar-refractivity contribution in [2.24, 2.45) is 4.99 Å². The van der Waals surface area contributed by atoms with Crippen molar-refractivity contribution in [3.05, 3.63) is 42.5 Å². The van der Waals surface area contributed by atoms with Crippen LogP contribution >= 0.6 is 24.0 Å². The minimum atomic E-state index is -2.63. The number of halogens is 3. The van der Waals surface area contributed by atoms with Crippen LogP contribution < -0.4 is 20.1 Å². The van der Waals surface area contributed by atoms with Gasteiger partial charge in [-0.2, -0.15) is 8.78 Å². The zero-order valence-electron chi connectivity index (χ0n) is 16.1. The molecule has 0 aliphatic rings. The summed E-state index contributed by atoms with van der Waals surface area (Å²) in [6.07, 6.45) is 2.42. The van der Waals surface area contributed by atoms with Gasteiger partial charge in [0.05, 0.1) is 13.7 Å². The molecule has 0 amide bonds. The van der Waals surface area contributed by atoms with Crippen molar-refractivity contribution >= 4 is 29.9 Å². The van der Waals surface area contributed by atoms with E-state index >= 15 is 0 Å². The lowest BCUT2D eigenvalue weighted by Crippen LogP contribution is -2.41. The van der Waals surface area contributed by atoms with Crippen LogP contribution in [-0.2, 0) is 6.54 Å². The molecule has 2 N–H and O–H groups in total. The van der Waals surface area contributed by atoms with Gasteiger partial charge in [-0.25, -0.2) is 9.98 Å². The summed E-state index contributed by atoms with van der Waals surface area (Å²) in [5, 5.41) is 6.21. The minimum absolute atomic E-state index is 0. The van der Waals surface area contributed by atoms with Crippen LogP contribution in [0, 0.1) is 0 Å². The Morgan fingerprint density at radius 1 is 1.29 bits per heavy atom. The summed E-state index contributed by atoms with van der Waals surface area (Å²) in [5.74, 6) is 2.12. The topological polar surface area (TPSA) is 72.7 Å². The molecule has 0 radical (unpaired) electrons. The average molecular weight is 509 g/mol. The van der Waals surface area contributed by atoms with Crippen LogP contribution in [0.1, 0.15) is 26.2 Å². The first-order valence-electron chi connectivity index (χ1n) is 8.66. The monoisotopic (exact) mass is 509 g/mol. The highest BCUT2D eigenvalue weighted by atomic mass is 127. The standard InChI is InChI=1S/C18H25F2N5O2.HI/c1-4-21-18(24-12-16-22-8-9-25(16)17(19)20)23-11-13(2)27-15-7-5-6-14(10-15)26-3;/h5-10,13,17H,4,11-12H2,1-3H3,(H2,21,23,24);1H. The van der Waals surface area contributed by atoms with Gasteiger partial charge in [-0.05, 0) is 26.0 Å². The number of alkyl halides is 2. The van der Waals surface area contributed by atoms with Crippen LogP contribution in [0.25, 0.3) is 0 Å². The highest BCUT2D eigenvalue weighted by Crippen LogP contribution is 2.19. The summed E-state index contributed by atoms with van der Waals surface area (Å²) in [5.41, 5.74) is 0. The summed E-state index contributed by atoms with van der Waals surface area (Å²) >= 11 is 0. The lowest BCUT2D eigenvalue weighted by molar-refractivity contribution is 0.0671. The summed E-state index contributed by atoms with van der Waals surface area (Å²) in [6.45, 7) is 2.36. The van der Waals surface area contributed by atoms with Crippen LogP contribution in [0.3, 0.4) is 0 Å². The van der Waals surface area contributed by atoms with Crippen LogP contribution in [0.5, 0.6) is 11.5 Å². The summed E-state index contributed by atoms with van der Waals surface area (Å²) in [6, 6.07) is 7.35. The molecule has 0 spiro atoms. The van der Waals surface area contributed by atoms with Gasteiger partial charge in [0.2, 0.25) is 0 Å². The number of guanidine groups is 1. The molecule has 0 fully saturated rings. The van der Waals surface area contributed by atoms with Crippen molar-refractivity contribution in [3.8, 4) is 11.5 Å². The van der Waals surface area contributed by atoms with Gasteiger partial charge < -0.3 is 20.1 Å². The molecule has 0 aliphatic carbocycles. The molecule has 0 bridgehead atoms. The quantitative estimate of drug-likeness (QED) is 0.308. The number of benzene rings is 1. The normalized spacial score (nSPS) is 12.3. The number of ether oxygens (including phenoxy) is 2. The Morgan fingerprint density at radius 3 is 2.71 bits per heavy atom. The van der Waals surface area contributed by atoms with Gasteiger partial charge in [-0.15, -0.1) is 24.0 Å². The number of methoxy groups -OCH3 is 1. The van der Waals surface area contributed by atoms with Crippen LogP contribution in [0.15, 0.2) is 41.7 Å². The molecule has 1 unspecified atom stereocenters. The molecule has 0 saturated heterocycles. The summed E-state index contributed by atoms with van der Waals surface area (Å²) in [4.78, 5) is 8.23. The molecule has 7 nitrogen and oxygen atoms in total. The lowest BCUT2D eigenvalue weighted by atomic mass is 10.3. The van der Waals surface area contributed by atoms with Gasteiger partial charge in [0.15, 0.2) is 5.96 Å². The molecule has 1 atom stereocenters. The van der Waals surface area contributed by atoms with E-state index in [1.807, 2.05) is 32.0 Å². The number of imidazole rings is 1. The molecule has 0 saturated carbocycles. The van der Waals surface area contributed by atoms with Gasteiger partial charge >= 0.3 is 6.55 Å². The Labute approximate surface area is 180 Å². The zero-order valence-corrected chi connectivity index (χ0v) is 18.4. The first kappa shape index (κ1) is 23.9. The molecule has 28 heavy (non-hydrogen) atoms. The molecule has 1 heterocycles. The van der Waals surface area contributed by atoms with Crippen molar-refractivity contribution in [1.29, 1.82) is 0 Å². The Bertz CT molecular complexity index is 742. The van der Waals surface area contributed by atoms with Crippen LogP contribution in [0.2, 0.25) is 0 Å². The van der Waals surface area contributed by atoms with Gasteiger partial charge in [-0.3, -0.25) is 4.57 Å². The molecule has 1 aromatic carbocycles. The summed E-state index contributed by atoms with van der Waals surface area (Å²) < 4.78 is 37.5.